The molecule has 2 aromatic rings. The predicted octanol–water partition coefficient (Wildman–Crippen LogP) is 1.58. The minimum atomic E-state index is -0.0240. The molecule has 0 bridgehead atoms. The quantitative estimate of drug-likeness (QED) is 0.790. The molecule has 2 aromatic heterocycles. The van der Waals surface area contributed by atoms with E-state index in [1.807, 2.05) is 26.8 Å². The molecule has 16 heavy (non-hydrogen) atoms. The van der Waals surface area contributed by atoms with Gasteiger partial charge in [0.1, 0.15) is 0 Å². The molecule has 0 aliphatic carbocycles. The average Bonchev–Trinajstić information content (AvgIpc) is 2.76. The monoisotopic (exact) mass is 221 g/mol. The Bertz CT molecular complexity index is 533. The summed E-state index contributed by atoms with van der Waals surface area (Å²) in [4.78, 5) is 11.9. The first-order chi connectivity index (χ1) is 7.58. The van der Waals surface area contributed by atoms with Crippen LogP contribution in [0.1, 0.15) is 31.3 Å². The Morgan fingerprint density at radius 1 is 1.44 bits per heavy atom. The summed E-state index contributed by atoms with van der Waals surface area (Å²) < 4.78 is 8.37. The first-order valence-corrected chi connectivity index (χ1v) is 5.27. The average molecular weight is 221 g/mol. The highest BCUT2D eigenvalue weighted by Crippen LogP contribution is 2.05. The highest BCUT2D eigenvalue weighted by molar-refractivity contribution is 5.04. The number of hydrogen-bond donors (Lipinski definition) is 0. The van der Waals surface area contributed by atoms with Crippen LogP contribution in [0.4, 0.5) is 0 Å². The van der Waals surface area contributed by atoms with Crippen molar-refractivity contribution in [1.29, 1.82) is 0 Å². The van der Waals surface area contributed by atoms with E-state index in [1.165, 1.54) is 0 Å². The Hall–Kier alpha value is -1.78. The van der Waals surface area contributed by atoms with E-state index in [0.717, 1.165) is 5.69 Å². The normalized spacial score (nSPS) is 11.2. The first-order valence-electron chi connectivity index (χ1n) is 5.27. The van der Waals surface area contributed by atoms with E-state index in [9.17, 15) is 4.79 Å². The van der Waals surface area contributed by atoms with Crippen LogP contribution in [0.25, 0.3) is 0 Å². The third-order valence-corrected chi connectivity index (χ3v) is 2.43. The van der Waals surface area contributed by atoms with Crippen LogP contribution in [0.5, 0.6) is 0 Å². The molecular weight excluding hydrogens is 206 g/mol. The topological polar surface area (TPSA) is 53.0 Å². The molecule has 0 aromatic carbocycles. The van der Waals surface area contributed by atoms with Crippen molar-refractivity contribution in [3.05, 3.63) is 40.4 Å². The molecule has 0 saturated heterocycles. The lowest BCUT2D eigenvalue weighted by atomic mass is 10.4. The maximum Gasteiger partial charge on any atom is 0.328 e. The van der Waals surface area contributed by atoms with Crippen molar-refractivity contribution >= 4 is 0 Å². The molecule has 5 nitrogen and oxygen atoms in total. The third kappa shape index (κ3) is 1.93. The minimum Gasteiger partial charge on any atom is -0.359 e. The van der Waals surface area contributed by atoms with Crippen molar-refractivity contribution in [2.75, 3.05) is 0 Å². The van der Waals surface area contributed by atoms with Crippen LogP contribution in [-0.4, -0.2) is 14.3 Å². The van der Waals surface area contributed by atoms with E-state index in [1.54, 1.807) is 21.5 Å². The molecule has 0 atom stereocenters. The molecule has 0 amide bonds. The zero-order valence-electron chi connectivity index (χ0n) is 9.67. The summed E-state index contributed by atoms with van der Waals surface area (Å²) in [5.74, 6) is 0.695. The number of imidazole rings is 1. The van der Waals surface area contributed by atoms with Crippen LogP contribution in [0, 0.1) is 6.92 Å². The van der Waals surface area contributed by atoms with Gasteiger partial charge in [0.2, 0.25) is 0 Å². The zero-order chi connectivity index (χ0) is 11.7. The number of nitrogens with zero attached hydrogens (tertiary/aromatic N) is 3. The molecule has 0 saturated carbocycles. The van der Waals surface area contributed by atoms with Gasteiger partial charge in [-0.1, -0.05) is 5.16 Å². The van der Waals surface area contributed by atoms with E-state index in [-0.39, 0.29) is 11.7 Å². The molecule has 0 N–H and O–H groups in total. The summed E-state index contributed by atoms with van der Waals surface area (Å²) in [6.45, 7) is 6.24. The Morgan fingerprint density at radius 2 is 2.19 bits per heavy atom. The lowest BCUT2D eigenvalue weighted by molar-refractivity contribution is 0.370. The van der Waals surface area contributed by atoms with Crippen molar-refractivity contribution in [1.82, 2.24) is 14.3 Å². The molecule has 0 spiro atoms. The van der Waals surface area contributed by atoms with E-state index < -0.39 is 0 Å². The molecule has 0 unspecified atom stereocenters. The van der Waals surface area contributed by atoms with Crippen molar-refractivity contribution in [3.63, 3.8) is 0 Å². The van der Waals surface area contributed by atoms with Gasteiger partial charge in [-0.2, -0.15) is 0 Å². The zero-order valence-corrected chi connectivity index (χ0v) is 9.67. The maximum absolute atomic E-state index is 11.9. The molecular formula is C11H15N3O2. The molecule has 2 rings (SSSR count). The highest BCUT2D eigenvalue weighted by atomic mass is 16.5. The fourth-order valence-electron chi connectivity index (χ4n) is 1.60. The van der Waals surface area contributed by atoms with Gasteiger partial charge >= 0.3 is 5.69 Å². The minimum absolute atomic E-state index is 0.0240. The second kappa shape index (κ2) is 4.00. The molecule has 2 heterocycles. The number of hydrogen-bond acceptors (Lipinski definition) is 3. The second-order valence-corrected chi connectivity index (χ2v) is 4.14. The van der Waals surface area contributed by atoms with Gasteiger partial charge in [-0.25, -0.2) is 4.79 Å². The largest absolute Gasteiger partial charge is 0.359 e. The number of rotatable bonds is 3. The Kier molecular flexibility index (Phi) is 2.68. The standard InChI is InChI=1S/C11H15N3O2/c1-8(2)14-5-4-13(11(14)15)7-10-6-9(3)12-16-10/h4-6,8H,7H2,1-3H3. The van der Waals surface area contributed by atoms with Crippen LogP contribution >= 0.6 is 0 Å². The van der Waals surface area contributed by atoms with Gasteiger partial charge in [0.05, 0.1) is 12.2 Å². The molecule has 0 aliphatic heterocycles. The summed E-state index contributed by atoms with van der Waals surface area (Å²) in [6.07, 6.45) is 3.55. The fourth-order valence-corrected chi connectivity index (χ4v) is 1.60. The van der Waals surface area contributed by atoms with E-state index in [2.05, 4.69) is 5.16 Å². The number of aryl methyl sites for hydroxylation is 1. The van der Waals surface area contributed by atoms with Crippen molar-refractivity contribution in [2.24, 2.45) is 0 Å². The highest BCUT2D eigenvalue weighted by Gasteiger charge is 2.08. The van der Waals surface area contributed by atoms with Crippen molar-refractivity contribution in [3.8, 4) is 0 Å². The molecule has 0 fully saturated rings. The summed E-state index contributed by atoms with van der Waals surface area (Å²) in [5, 5.41) is 3.79. The third-order valence-electron chi connectivity index (χ3n) is 2.43. The van der Waals surface area contributed by atoms with Crippen molar-refractivity contribution in [2.45, 2.75) is 33.4 Å². The van der Waals surface area contributed by atoms with Crippen LogP contribution in [0.3, 0.4) is 0 Å². The SMILES string of the molecule is Cc1cc(Cn2ccn(C(C)C)c2=O)on1. The maximum atomic E-state index is 11.9. The van der Waals surface area contributed by atoms with Gasteiger partial charge in [-0.05, 0) is 20.8 Å². The summed E-state index contributed by atoms with van der Waals surface area (Å²) in [7, 11) is 0. The number of aromatic nitrogens is 3. The van der Waals surface area contributed by atoms with Crippen LogP contribution < -0.4 is 5.69 Å². The first kappa shape index (κ1) is 10.7. The predicted molar refractivity (Wildman–Crippen MR) is 59.4 cm³/mol. The van der Waals surface area contributed by atoms with Gasteiger partial charge in [0, 0.05) is 24.5 Å². The van der Waals surface area contributed by atoms with Crippen molar-refractivity contribution < 1.29 is 4.52 Å². The van der Waals surface area contributed by atoms with E-state index in [4.69, 9.17) is 4.52 Å². The van der Waals surface area contributed by atoms with E-state index in [0.29, 0.717) is 12.3 Å². The molecule has 0 radical (unpaired) electrons. The van der Waals surface area contributed by atoms with Gasteiger partial charge in [0.25, 0.3) is 0 Å². The Labute approximate surface area is 93.3 Å². The Balaban J connectivity index is 2.26. The Morgan fingerprint density at radius 3 is 2.69 bits per heavy atom. The molecule has 5 heteroatoms. The smallest absolute Gasteiger partial charge is 0.328 e. The van der Waals surface area contributed by atoms with Gasteiger partial charge in [0.15, 0.2) is 5.76 Å². The second-order valence-electron chi connectivity index (χ2n) is 4.14. The van der Waals surface area contributed by atoms with Crippen LogP contribution in [0.2, 0.25) is 0 Å². The molecule has 86 valence electrons. The summed E-state index contributed by atoms with van der Waals surface area (Å²) in [6, 6.07) is 2.00. The van der Waals surface area contributed by atoms with Gasteiger partial charge in [-0.3, -0.25) is 9.13 Å². The van der Waals surface area contributed by atoms with Gasteiger partial charge in [-0.15, -0.1) is 0 Å². The fraction of sp³-hybridized carbons (Fsp3) is 0.455. The van der Waals surface area contributed by atoms with E-state index >= 15 is 0 Å². The van der Waals surface area contributed by atoms with Crippen LogP contribution in [-0.2, 0) is 6.54 Å². The summed E-state index contributed by atoms with van der Waals surface area (Å²) >= 11 is 0. The van der Waals surface area contributed by atoms with Gasteiger partial charge < -0.3 is 4.52 Å². The van der Waals surface area contributed by atoms with Crippen LogP contribution in [0.15, 0.2) is 27.8 Å². The lowest BCUT2D eigenvalue weighted by Gasteiger charge is -2.03. The summed E-state index contributed by atoms with van der Waals surface area (Å²) in [5.41, 5.74) is 0.801. The molecule has 0 aliphatic rings. The lowest BCUT2D eigenvalue weighted by Crippen LogP contribution is -2.25.